The van der Waals surface area contributed by atoms with Gasteiger partial charge in [-0.15, -0.1) is 11.3 Å². The van der Waals surface area contributed by atoms with Gasteiger partial charge in [-0.05, 0) is 36.1 Å². The molecule has 2 aromatic rings. The minimum Gasteiger partial charge on any atom is -0.493 e. The monoisotopic (exact) mass is 487 g/mol. The van der Waals surface area contributed by atoms with Crippen molar-refractivity contribution < 1.29 is 28.6 Å². The number of piperazine rings is 1. The molecule has 0 N–H and O–H groups in total. The summed E-state index contributed by atoms with van der Waals surface area (Å²) in [4.78, 5) is 45.4. The van der Waals surface area contributed by atoms with E-state index in [1.807, 2.05) is 17.5 Å². The molecule has 182 valence electrons. The smallest absolute Gasteiger partial charge is 0.409 e. The van der Waals surface area contributed by atoms with Crippen molar-refractivity contribution >= 4 is 29.2 Å². The molecule has 1 fully saturated rings. The van der Waals surface area contributed by atoms with E-state index >= 15 is 0 Å². The van der Waals surface area contributed by atoms with E-state index in [1.54, 1.807) is 40.8 Å². The Morgan fingerprint density at radius 1 is 1.06 bits per heavy atom. The van der Waals surface area contributed by atoms with Gasteiger partial charge in [0.25, 0.3) is 5.91 Å². The summed E-state index contributed by atoms with van der Waals surface area (Å²) in [7, 11) is 4.77. The number of carbonyl (C=O) groups excluding carboxylic acids is 3. The number of thiophene rings is 1. The second kappa shape index (κ2) is 9.92. The number of benzene rings is 1. The largest absolute Gasteiger partial charge is 0.493 e. The summed E-state index contributed by atoms with van der Waals surface area (Å²) in [6.07, 6.45) is -0.365. The number of ether oxygens (including phenoxy) is 3. The minimum atomic E-state index is -0.620. The molecule has 10 heteroatoms. The molecule has 0 saturated carbocycles. The second-order valence-electron chi connectivity index (χ2n) is 8.16. The molecule has 0 unspecified atom stereocenters. The van der Waals surface area contributed by atoms with Crippen molar-refractivity contribution in [3.05, 3.63) is 45.6 Å². The Morgan fingerprint density at radius 2 is 1.71 bits per heavy atom. The number of hydrogen-bond donors (Lipinski definition) is 0. The molecule has 2 aliphatic rings. The van der Waals surface area contributed by atoms with E-state index in [0.29, 0.717) is 55.4 Å². The molecular formula is C24H29N3O6S. The number of carbonyl (C=O) groups is 3. The number of amides is 3. The molecule has 2 atom stereocenters. The van der Waals surface area contributed by atoms with Crippen molar-refractivity contribution in [2.24, 2.45) is 0 Å². The third kappa shape index (κ3) is 4.18. The zero-order valence-corrected chi connectivity index (χ0v) is 20.6. The number of hydrogen-bond acceptors (Lipinski definition) is 7. The van der Waals surface area contributed by atoms with E-state index in [-0.39, 0.29) is 17.9 Å². The van der Waals surface area contributed by atoms with Crippen LogP contribution in [0.1, 0.15) is 39.7 Å². The van der Waals surface area contributed by atoms with Crippen LogP contribution in [0.2, 0.25) is 0 Å². The molecule has 9 nitrogen and oxygen atoms in total. The van der Waals surface area contributed by atoms with Crippen molar-refractivity contribution in [2.75, 3.05) is 54.1 Å². The van der Waals surface area contributed by atoms with E-state index in [1.165, 1.54) is 25.6 Å². The fourth-order valence-electron chi connectivity index (χ4n) is 4.65. The Hall–Kier alpha value is -3.27. The molecule has 3 amide bonds. The van der Waals surface area contributed by atoms with Crippen LogP contribution in [0.4, 0.5) is 4.79 Å². The van der Waals surface area contributed by atoms with Gasteiger partial charge in [-0.25, -0.2) is 4.79 Å². The van der Waals surface area contributed by atoms with Crippen LogP contribution in [-0.2, 0) is 9.53 Å². The number of rotatable bonds is 5. The molecule has 2 aliphatic heterocycles. The zero-order valence-electron chi connectivity index (χ0n) is 19.8. The van der Waals surface area contributed by atoms with Gasteiger partial charge in [0.2, 0.25) is 5.91 Å². The van der Waals surface area contributed by atoms with E-state index in [0.717, 1.165) is 4.88 Å². The molecule has 4 rings (SSSR count). The standard InChI is InChI=1S/C24H29N3O6S/c1-5-33-24(30)27-10-8-26(9-11-27)23(29)20-15-13-17(31-3)18(32-4)14-16(15)22(28)25(2)21(20)19-7-6-12-34-19/h6-7,12-14,20-21H,5,8-11H2,1-4H3/t20-,21-/m0/s1. The third-order valence-corrected chi connectivity index (χ3v) is 7.34. The van der Waals surface area contributed by atoms with Crippen LogP contribution in [0, 0.1) is 0 Å². The Kier molecular flexibility index (Phi) is 6.97. The summed E-state index contributed by atoms with van der Waals surface area (Å²) in [5.41, 5.74) is 1.05. The van der Waals surface area contributed by atoms with Gasteiger partial charge in [0.05, 0.1) is 32.8 Å². The first kappa shape index (κ1) is 23.9. The van der Waals surface area contributed by atoms with Crippen LogP contribution in [0.5, 0.6) is 11.5 Å². The maximum Gasteiger partial charge on any atom is 0.409 e. The molecule has 1 aromatic heterocycles. The number of fused-ring (bicyclic) bond motifs is 1. The van der Waals surface area contributed by atoms with E-state index in [2.05, 4.69) is 0 Å². The van der Waals surface area contributed by atoms with Crippen molar-refractivity contribution in [3.8, 4) is 11.5 Å². The zero-order chi connectivity index (χ0) is 24.4. The van der Waals surface area contributed by atoms with Gasteiger partial charge in [0, 0.05) is 43.7 Å². The lowest BCUT2D eigenvalue weighted by atomic mass is 9.81. The molecule has 3 heterocycles. The second-order valence-corrected chi connectivity index (χ2v) is 9.14. The highest BCUT2D eigenvalue weighted by Crippen LogP contribution is 2.47. The van der Waals surface area contributed by atoms with E-state index < -0.39 is 12.0 Å². The first-order chi connectivity index (χ1) is 16.4. The van der Waals surface area contributed by atoms with Gasteiger partial charge in [0.15, 0.2) is 11.5 Å². The third-order valence-electron chi connectivity index (χ3n) is 6.39. The summed E-state index contributed by atoms with van der Waals surface area (Å²) in [6, 6.07) is 6.81. The predicted molar refractivity (Wildman–Crippen MR) is 127 cm³/mol. The first-order valence-corrected chi connectivity index (χ1v) is 12.1. The highest BCUT2D eigenvalue weighted by atomic mass is 32.1. The molecule has 0 spiro atoms. The lowest BCUT2D eigenvalue weighted by Gasteiger charge is -2.42. The molecular weight excluding hydrogens is 458 g/mol. The average molecular weight is 488 g/mol. The molecule has 1 saturated heterocycles. The molecule has 1 aromatic carbocycles. The van der Waals surface area contributed by atoms with Crippen molar-refractivity contribution in [1.29, 1.82) is 0 Å². The number of likely N-dealkylation sites (N-methyl/N-ethyl adjacent to an activating group) is 1. The fourth-order valence-corrected chi connectivity index (χ4v) is 5.56. The maximum atomic E-state index is 14.0. The molecule has 0 aliphatic carbocycles. The molecule has 0 bridgehead atoms. The van der Waals surface area contributed by atoms with Gasteiger partial charge in [-0.2, -0.15) is 0 Å². The Labute approximate surface area is 202 Å². The lowest BCUT2D eigenvalue weighted by molar-refractivity contribution is -0.136. The topological polar surface area (TPSA) is 88.6 Å². The van der Waals surface area contributed by atoms with Gasteiger partial charge in [0.1, 0.15) is 0 Å². The van der Waals surface area contributed by atoms with Crippen LogP contribution < -0.4 is 9.47 Å². The quantitative estimate of drug-likeness (QED) is 0.644. The Morgan fingerprint density at radius 3 is 2.29 bits per heavy atom. The van der Waals surface area contributed by atoms with Crippen molar-refractivity contribution in [2.45, 2.75) is 18.9 Å². The van der Waals surface area contributed by atoms with E-state index in [4.69, 9.17) is 14.2 Å². The van der Waals surface area contributed by atoms with E-state index in [9.17, 15) is 14.4 Å². The SMILES string of the molecule is CCOC(=O)N1CCN(C(=O)[C@H]2c3cc(OC)c(OC)cc3C(=O)N(C)[C@H]2c2cccs2)CC1. The summed E-state index contributed by atoms with van der Waals surface area (Å²) in [5, 5.41) is 1.94. The average Bonchev–Trinajstić information content (AvgIpc) is 3.39. The number of nitrogens with zero attached hydrogens (tertiary/aromatic N) is 3. The van der Waals surface area contributed by atoms with Gasteiger partial charge in [-0.3, -0.25) is 9.59 Å². The Bertz CT molecular complexity index is 1060. The van der Waals surface area contributed by atoms with Gasteiger partial charge < -0.3 is 28.9 Å². The van der Waals surface area contributed by atoms with Crippen LogP contribution in [0.3, 0.4) is 0 Å². The first-order valence-electron chi connectivity index (χ1n) is 11.2. The van der Waals surface area contributed by atoms with Crippen molar-refractivity contribution in [3.63, 3.8) is 0 Å². The fraction of sp³-hybridized carbons (Fsp3) is 0.458. The normalized spacial score (nSPS) is 20.1. The number of methoxy groups -OCH3 is 2. The highest BCUT2D eigenvalue weighted by Gasteiger charge is 2.45. The summed E-state index contributed by atoms with van der Waals surface area (Å²) < 4.78 is 16.0. The predicted octanol–water partition coefficient (Wildman–Crippen LogP) is 2.98. The molecule has 0 radical (unpaired) electrons. The lowest BCUT2D eigenvalue weighted by Crippen LogP contribution is -2.54. The summed E-state index contributed by atoms with van der Waals surface area (Å²) in [6.45, 7) is 3.66. The minimum absolute atomic E-state index is 0.0882. The summed E-state index contributed by atoms with van der Waals surface area (Å²) in [5.74, 6) is 0.0193. The van der Waals surface area contributed by atoms with Crippen LogP contribution in [0.25, 0.3) is 0 Å². The van der Waals surface area contributed by atoms with Crippen LogP contribution in [0.15, 0.2) is 29.6 Å². The van der Waals surface area contributed by atoms with Crippen LogP contribution >= 0.6 is 11.3 Å². The summed E-state index contributed by atoms with van der Waals surface area (Å²) >= 11 is 1.52. The highest BCUT2D eigenvalue weighted by molar-refractivity contribution is 7.10. The van der Waals surface area contributed by atoms with Crippen LogP contribution in [-0.4, -0.2) is 86.7 Å². The van der Waals surface area contributed by atoms with Gasteiger partial charge >= 0.3 is 6.09 Å². The van der Waals surface area contributed by atoms with Gasteiger partial charge in [-0.1, -0.05) is 6.07 Å². The molecule has 34 heavy (non-hydrogen) atoms. The van der Waals surface area contributed by atoms with Crippen molar-refractivity contribution in [1.82, 2.24) is 14.7 Å². The maximum absolute atomic E-state index is 14.0. The Balaban J connectivity index is 1.72.